The van der Waals surface area contributed by atoms with Gasteiger partial charge in [-0.2, -0.15) is 5.10 Å². The second-order valence-corrected chi connectivity index (χ2v) is 6.73. The van der Waals surface area contributed by atoms with Crippen molar-refractivity contribution in [3.05, 3.63) is 47.8 Å². The van der Waals surface area contributed by atoms with Crippen LogP contribution in [0.3, 0.4) is 0 Å². The molecule has 1 unspecified atom stereocenters. The number of aromatic amines is 1. The number of nitrogens with zero attached hydrogens (tertiary/aromatic N) is 3. The van der Waals surface area contributed by atoms with Crippen LogP contribution in [0.2, 0.25) is 0 Å². The van der Waals surface area contributed by atoms with E-state index in [-0.39, 0.29) is 17.9 Å². The Bertz CT molecular complexity index is 759. The van der Waals surface area contributed by atoms with E-state index in [1.54, 1.807) is 24.2 Å². The predicted octanol–water partition coefficient (Wildman–Crippen LogP) is 1.76. The van der Waals surface area contributed by atoms with Gasteiger partial charge in [-0.1, -0.05) is 18.2 Å². The highest BCUT2D eigenvalue weighted by atomic mass is 16.2. The summed E-state index contributed by atoms with van der Waals surface area (Å²) in [7, 11) is 3.75. The van der Waals surface area contributed by atoms with Gasteiger partial charge in [0.25, 0.3) is 5.91 Å². The first-order valence-corrected chi connectivity index (χ1v) is 8.90. The molecule has 1 aliphatic rings. The molecule has 1 aliphatic heterocycles. The van der Waals surface area contributed by atoms with Crippen LogP contribution in [-0.2, 0) is 11.2 Å². The molecule has 0 saturated heterocycles. The van der Waals surface area contributed by atoms with Crippen molar-refractivity contribution in [3.8, 4) is 0 Å². The largest absolute Gasteiger partial charge is 0.340 e. The fourth-order valence-electron chi connectivity index (χ4n) is 3.32. The van der Waals surface area contributed by atoms with Crippen molar-refractivity contribution in [1.29, 1.82) is 0 Å². The molecular formula is C19H25N5O2. The summed E-state index contributed by atoms with van der Waals surface area (Å²) in [6.07, 6.45) is 4.03. The van der Waals surface area contributed by atoms with E-state index in [4.69, 9.17) is 0 Å². The number of hydrogen-bond donors (Lipinski definition) is 2. The molecule has 2 aromatic rings. The minimum absolute atomic E-state index is 0.0411. The normalized spacial score (nSPS) is 16.7. The Kier molecular flexibility index (Phi) is 5.68. The molecule has 7 heteroatoms. The Morgan fingerprint density at radius 1 is 1.23 bits per heavy atom. The highest BCUT2D eigenvalue weighted by molar-refractivity contribution is 5.96. The number of H-pyrrole nitrogens is 1. The number of aryl methyl sites for hydroxylation is 1. The van der Waals surface area contributed by atoms with E-state index in [9.17, 15) is 9.59 Å². The molecule has 7 nitrogen and oxygen atoms in total. The number of fused-ring (bicyclic) bond motifs is 1. The van der Waals surface area contributed by atoms with Crippen molar-refractivity contribution < 1.29 is 9.59 Å². The van der Waals surface area contributed by atoms with Gasteiger partial charge in [-0.25, -0.2) is 0 Å². The van der Waals surface area contributed by atoms with Crippen LogP contribution in [0.4, 0.5) is 5.69 Å². The van der Waals surface area contributed by atoms with Crippen LogP contribution >= 0.6 is 0 Å². The molecule has 0 bridgehead atoms. The zero-order valence-electron chi connectivity index (χ0n) is 15.2. The van der Waals surface area contributed by atoms with Gasteiger partial charge in [-0.3, -0.25) is 19.6 Å². The predicted molar refractivity (Wildman–Crippen MR) is 100.0 cm³/mol. The van der Waals surface area contributed by atoms with E-state index in [2.05, 4.69) is 26.5 Å². The fraction of sp³-hybridized carbons (Fsp3) is 0.421. The third-order valence-electron chi connectivity index (χ3n) is 4.88. The first kappa shape index (κ1) is 18.1. The van der Waals surface area contributed by atoms with Gasteiger partial charge in [0, 0.05) is 32.0 Å². The number of nitrogens with one attached hydrogen (secondary N) is 2. The van der Waals surface area contributed by atoms with Crippen LogP contribution in [0, 0.1) is 0 Å². The molecule has 2 N–H and O–H groups in total. The summed E-state index contributed by atoms with van der Waals surface area (Å²) in [4.78, 5) is 28.5. The number of benzene rings is 1. The van der Waals surface area contributed by atoms with Crippen LogP contribution in [0.1, 0.15) is 28.9 Å². The van der Waals surface area contributed by atoms with Gasteiger partial charge < -0.3 is 10.2 Å². The van der Waals surface area contributed by atoms with Gasteiger partial charge in [0.05, 0.1) is 6.04 Å². The Hall–Kier alpha value is -2.67. The van der Waals surface area contributed by atoms with Crippen molar-refractivity contribution in [1.82, 2.24) is 20.0 Å². The maximum Gasteiger partial charge on any atom is 0.271 e. The van der Waals surface area contributed by atoms with Crippen molar-refractivity contribution in [2.24, 2.45) is 0 Å². The summed E-state index contributed by atoms with van der Waals surface area (Å²) in [6, 6.07) is 9.46. The Morgan fingerprint density at radius 3 is 2.81 bits per heavy atom. The quantitative estimate of drug-likeness (QED) is 0.827. The highest BCUT2D eigenvalue weighted by Crippen LogP contribution is 2.23. The monoisotopic (exact) mass is 355 g/mol. The topological polar surface area (TPSA) is 81.3 Å². The van der Waals surface area contributed by atoms with Crippen molar-refractivity contribution in [2.45, 2.75) is 25.3 Å². The summed E-state index contributed by atoms with van der Waals surface area (Å²) < 4.78 is 0. The molecular weight excluding hydrogens is 330 g/mol. The lowest BCUT2D eigenvalue weighted by Crippen LogP contribution is -2.42. The number of amides is 2. The third-order valence-corrected chi connectivity index (χ3v) is 4.88. The SMILES string of the molecule is CN(CCCN(C)C1CCc2ccccc2NC1=O)C(=O)c1ccn[nH]1. The molecule has 138 valence electrons. The van der Waals surface area contributed by atoms with Gasteiger partial charge in [-0.15, -0.1) is 0 Å². The second kappa shape index (κ2) is 8.14. The Balaban J connectivity index is 1.50. The van der Waals surface area contributed by atoms with Crippen molar-refractivity contribution >= 4 is 17.5 Å². The molecule has 3 rings (SSSR count). The molecule has 0 spiro atoms. The summed E-state index contributed by atoms with van der Waals surface area (Å²) >= 11 is 0. The Labute approximate surface area is 153 Å². The third kappa shape index (κ3) is 4.11. The van der Waals surface area contributed by atoms with E-state index in [1.165, 1.54) is 5.56 Å². The molecule has 26 heavy (non-hydrogen) atoms. The summed E-state index contributed by atoms with van der Waals surface area (Å²) in [5.41, 5.74) is 2.58. The van der Waals surface area contributed by atoms with Gasteiger partial charge in [0.15, 0.2) is 0 Å². The standard InChI is InChI=1S/C19H25N5O2/c1-23(12-5-13-24(2)19(26)16-10-11-20-22-16)17-9-8-14-6-3-4-7-15(14)21-18(17)25/h3-4,6-7,10-11,17H,5,8-9,12-13H2,1-2H3,(H,20,22)(H,21,25). The minimum atomic E-state index is -0.156. The lowest BCUT2D eigenvalue weighted by molar-refractivity contribution is -0.121. The summed E-state index contributed by atoms with van der Waals surface area (Å²) in [6.45, 7) is 1.37. The summed E-state index contributed by atoms with van der Waals surface area (Å²) in [5, 5.41) is 9.52. The van der Waals surface area contributed by atoms with E-state index in [1.807, 2.05) is 25.2 Å². The minimum Gasteiger partial charge on any atom is -0.340 e. The molecule has 0 aliphatic carbocycles. The average Bonchev–Trinajstić information content (AvgIpc) is 3.11. The number of aromatic nitrogens is 2. The molecule has 1 aromatic carbocycles. The maximum atomic E-state index is 12.6. The van der Waals surface area contributed by atoms with Gasteiger partial charge in [-0.05, 0) is 44.0 Å². The number of para-hydroxylation sites is 1. The van der Waals surface area contributed by atoms with Crippen molar-refractivity contribution in [3.63, 3.8) is 0 Å². The molecule has 1 aromatic heterocycles. The molecule has 0 fully saturated rings. The zero-order chi connectivity index (χ0) is 18.5. The zero-order valence-corrected chi connectivity index (χ0v) is 15.2. The van der Waals surface area contributed by atoms with Gasteiger partial charge >= 0.3 is 0 Å². The smallest absolute Gasteiger partial charge is 0.271 e. The van der Waals surface area contributed by atoms with Crippen molar-refractivity contribution in [2.75, 3.05) is 32.5 Å². The average molecular weight is 355 g/mol. The number of carbonyl (C=O) groups excluding carboxylic acids is 2. The van der Waals surface area contributed by atoms with Crippen LogP contribution in [0.5, 0.6) is 0 Å². The highest BCUT2D eigenvalue weighted by Gasteiger charge is 2.26. The van der Waals surface area contributed by atoms with E-state index in [0.29, 0.717) is 12.2 Å². The van der Waals surface area contributed by atoms with Crippen LogP contribution in [0.15, 0.2) is 36.5 Å². The molecule has 0 saturated carbocycles. The second-order valence-electron chi connectivity index (χ2n) is 6.73. The number of hydrogen-bond acceptors (Lipinski definition) is 4. The van der Waals surface area contributed by atoms with Crippen LogP contribution in [-0.4, -0.2) is 65.0 Å². The number of rotatable bonds is 6. The number of carbonyl (C=O) groups is 2. The van der Waals surface area contributed by atoms with Crippen LogP contribution in [0.25, 0.3) is 0 Å². The summed E-state index contributed by atoms with van der Waals surface area (Å²) in [5.74, 6) is -0.0350. The fourth-order valence-corrected chi connectivity index (χ4v) is 3.32. The maximum absolute atomic E-state index is 12.6. The van der Waals surface area contributed by atoms with E-state index in [0.717, 1.165) is 31.5 Å². The van der Waals surface area contributed by atoms with Gasteiger partial charge in [0.1, 0.15) is 5.69 Å². The van der Waals surface area contributed by atoms with E-state index < -0.39 is 0 Å². The molecule has 2 amide bonds. The first-order valence-electron chi connectivity index (χ1n) is 8.90. The first-order chi connectivity index (χ1) is 12.6. The molecule has 2 heterocycles. The molecule has 1 atom stereocenters. The van der Waals surface area contributed by atoms with Gasteiger partial charge in [0.2, 0.25) is 5.91 Å². The lowest BCUT2D eigenvalue weighted by Gasteiger charge is -2.26. The Morgan fingerprint density at radius 2 is 2.04 bits per heavy atom. The van der Waals surface area contributed by atoms with Crippen LogP contribution < -0.4 is 5.32 Å². The number of likely N-dealkylation sites (N-methyl/N-ethyl adjacent to an activating group) is 1. The van der Waals surface area contributed by atoms with E-state index >= 15 is 0 Å². The molecule has 0 radical (unpaired) electrons. The number of anilines is 1. The lowest BCUT2D eigenvalue weighted by atomic mass is 10.1.